The fourth-order valence-electron chi connectivity index (χ4n) is 2.64. The van der Waals surface area contributed by atoms with Crippen molar-refractivity contribution in [3.63, 3.8) is 0 Å². The highest BCUT2D eigenvalue weighted by Crippen LogP contribution is 2.36. The van der Waals surface area contributed by atoms with Crippen LogP contribution in [0, 0.1) is 6.92 Å². The van der Waals surface area contributed by atoms with Gasteiger partial charge in [0, 0.05) is 0 Å². The van der Waals surface area contributed by atoms with Crippen molar-refractivity contribution in [1.29, 1.82) is 0 Å². The van der Waals surface area contributed by atoms with E-state index in [2.05, 4.69) is 0 Å². The van der Waals surface area contributed by atoms with E-state index < -0.39 is 27.8 Å². The number of carbonyl (C=O) groups is 1. The summed E-state index contributed by atoms with van der Waals surface area (Å²) < 4.78 is 57.8. The van der Waals surface area contributed by atoms with Gasteiger partial charge in [-0.3, -0.25) is 4.79 Å². The Kier molecular flexibility index (Phi) is 5.74. The average Bonchev–Trinajstić information content (AvgIpc) is 3.21. The SMILES string of the molecule is Cc1ccc(S(=O)(=O)NC(c2ccccc2)C(F)(F)C(=O)c2cccs2)cc1. The molecule has 1 atom stereocenters. The number of Topliss-reactive ketones (excluding diaryl/α,β-unsaturated/α-hetero) is 1. The molecule has 0 aliphatic rings. The first-order chi connectivity index (χ1) is 13.2. The molecule has 0 aliphatic heterocycles. The molecule has 8 heteroatoms. The van der Waals surface area contributed by atoms with Gasteiger partial charge in [0.15, 0.2) is 0 Å². The van der Waals surface area contributed by atoms with E-state index in [9.17, 15) is 13.2 Å². The van der Waals surface area contributed by atoms with Gasteiger partial charge in [-0.2, -0.15) is 13.5 Å². The van der Waals surface area contributed by atoms with Gasteiger partial charge in [0.2, 0.25) is 15.8 Å². The number of sulfonamides is 1. The second-order valence-corrected chi connectivity index (χ2v) is 8.87. The van der Waals surface area contributed by atoms with E-state index in [1.807, 2.05) is 4.72 Å². The molecule has 0 fully saturated rings. The molecule has 146 valence electrons. The molecule has 0 saturated heterocycles. The Labute approximate surface area is 165 Å². The predicted octanol–water partition coefficient (Wildman–Crippen LogP) is 4.59. The Hall–Kier alpha value is -2.42. The highest BCUT2D eigenvalue weighted by atomic mass is 32.2. The standard InChI is InChI=1S/C20H17F2NO3S2/c1-14-9-11-16(12-10-14)28(25,26)23-18(15-6-3-2-4-7-15)20(21,22)19(24)17-8-5-13-27-17/h2-13,18,23H,1H3. The third-order valence-electron chi connectivity index (χ3n) is 4.15. The van der Waals surface area contributed by atoms with Crippen LogP contribution in [0.25, 0.3) is 0 Å². The first kappa shape index (κ1) is 20.3. The summed E-state index contributed by atoms with van der Waals surface area (Å²) >= 11 is 0.880. The topological polar surface area (TPSA) is 63.2 Å². The van der Waals surface area contributed by atoms with Crippen LogP contribution in [0.5, 0.6) is 0 Å². The Bertz CT molecular complexity index is 1050. The number of alkyl halides is 2. The van der Waals surface area contributed by atoms with Crippen LogP contribution in [-0.4, -0.2) is 20.1 Å². The summed E-state index contributed by atoms with van der Waals surface area (Å²) in [6.07, 6.45) is 0. The number of ketones is 1. The van der Waals surface area contributed by atoms with Crippen LogP contribution in [0.4, 0.5) is 8.78 Å². The molecule has 28 heavy (non-hydrogen) atoms. The first-order valence-corrected chi connectivity index (χ1v) is 10.7. The molecule has 0 radical (unpaired) electrons. The summed E-state index contributed by atoms with van der Waals surface area (Å²) in [6.45, 7) is 1.78. The summed E-state index contributed by atoms with van der Waals surface area (Å²) in [5, 5.41) is 1.51. The quantitative estimate of drug-likeness (QED) is 0.568. The molecule has 3 aromatic rings. The number of hydrogen-bond donors (Lipinski definition) is 1. The van der Waals surface area contributed by atoms with Crippen molar-refractivity contribution in [1.82, 2.24) is 4.72 Å². The zero-order valence-electron chi connectivity index (χ0n) is 14.8. The van der Waals surface area contributed by atoms with E-state index >= 15 is 8.78 Å². The number of carbonyl (C=O) groups excluding carboxylic acids is 1. The van der Waals surface area contributed by atoms with Gasteiger partial charge in [-0.1, -0.05) is 54.1 Å². The van der Waals surface area contributed by atoms with Gasteiger partial charge in [0.05, 0.1) is 9.77 Å². The first-order valence-electron chi connectivity index (χ1n) is 8.32. The third kappa shape index (κ3) is 4.19. The second kappa shape index (κ2) is 7.90. The molecule has 3 rings (SSSR count). The third-order valence-corrected chi connectivity index (χ3v) is 6.45. The number of thiophene rings is 1. The Balaban J connectivity index is 2.03. The normalized spacial score (nSPS) is 13.2. The highest BCUT2D eigenvalue weighted by molar-refractivity contribution is 7.89. The maximum atomic E-state index is 15.2. The molecule has 0 saturated carbocycles. The van der Waals surface area contributed by atoms with Crippen molar-refractivity contribution in [3.05, 3.63) is 88.1 Å². The fourth-order valence-corrected chi connectivity index (χ4v) is 4.57. The molecule has 1 aromatic heterocycles. The van der Waals surface area contributed by atoms with Crippen LogP contribution < -0.4 is 4.72 Å². The van der Waals surface area contributed by atoms with E-state index in [1.54, 1.807) is 25.1 Å². The lowest BCUT2D eigenvalue weighted by molar-refractivity contribution is -0.0107. The van der Waals surface area contributed by atoms with E-state index in [0.29, 0.717) is 0 Å². The van der Waals surface area contributed by atoms with Crippen molar-refractivity contribution in [2.24, 2.45) is 0 Å². The summed E-state index contributed by atoms with van der Waals surface area (Å²) in [5.74, 6) is -5.41. The zero-order valence-corrected chi connectivity index (χ0v) is 16.4. The van der Waals surface area contributed by atoms with Gasteiger partial charge in [-0.05, 0) is 36.1 Å². The highest BCUT2D eigenvalue weighted by Gasteiger charge is 2.50. The molecule has 0 aliphatic carbocycles. The van der Waals surface area contributed by atoms with Crippen LogP contribution in [-0.2, 0) is 10.0 Å². The molecular weight excluding hydrogens is 404 g/mol. The lowest BCUT2D eigenvalue weighted by Gasteiger charge is -2.26. The van der Waals surface area contributed by atoms with Crippen molar-refractivity contribution in [2.75, 3.05) is 0 Å². The number of hydrogen-bond acceptors (Lipinski definition) is 4. The smallest absolute Gasteiger partial charge is 0.286 e. The molecule has 1 unspecified atom stereocenters. The van der Waals surface area contributed by atoms with Crippen molar-refractivity contribution < 1.29 is 22.0 Å². The van der Waals surface area contributed by atoms with Gasteiger partial charge < -0.3 is 0 Å². The number of halogens is 2. The molecular formula is C20H17F2NO3S2. The van der Waals surface area contributed by atoms with E-state index in [1.165, 1.54) is 53.9 Å². The summed E-state index contributed by atoms with van der Waals surface area (Å²) in [6, 6.07) is 13.9. The van der Waals surface area contributed by atoms with E-state index in [4.69, 9.17) is 0 Å². The van der Waals surface area contributed by atoms with Crippen LogP contribution in [0.1, 0.15) is 26.8 Å². The molecule has 1 N–H and O–H groups in total. The van der Waals surface area contributed by atoms with Gasteiger partial charge in [0.25, 0.3) is 0 Å². The number of aryl methyl sites for hydroxylation is 1. The van der Waals surface area contributed by atoms with Crippen LogP contribution >= 0.6 is 11.3 Å². The molecule has 1 heterocycles. The van der Waals surface area contributed by atoms with Gasteiger partial charge in [-0.25, -0.2) is 8.42 Å². The Morgan fingerprint density at radius 3 is 2.21 bits per heavy atom. The zero-order chi connectivity index (χ0) is 20.4. The summed E-state index contributed by atoms with van der Waals surface area (Å²) in [5.41, 5.74) is 0.824. The minimum absolute atomic E-state index is 0.00640. The molecule has 2 aromatic carbocycles. The van der Waals surface area contributed by atoms with Gasteiger partial charge >= 0.3 is 5.92 Å². The van der Waals surface area contributed by atoms with Crippen LogP contribution in [0.15, 0.2) is 77.0 Å². The van der Waals surface area contributed by atoms with Crippen LogP contribution in [0.2, 0.25) is 0 Å². The summed E-state index contributed by atoms with van der Waals surface area (Å²) in [7, 11) is -4.29. The van der Waals surface area contributed by atoms with Gasteiger partial charge in [0.1, 0.15) is 6.04 Å². The monoisotopic (exact) mass is 421 g/mol. The molecule has 0 spiro atoms. The minimum atomic E-state index is -4.29. The maximum Gasteiger partial charge on any atom is 0.330 e. The Morgan fingerprint density at radius 2 is 1.64 bits per heavy atom. The minimum Gasteiger partial charge on any atom is -0.286 e. The molecule has 4 nitrogen and oxygen atoms in total. The van der Waals surface area contributed by atoms with E-state index in [0.717, 1.165) is 16.9 Å². The van der Waals surface area contributed by atoms with Crippen molar-refractivity contribution >= 4 is 27.1 Å². The van der Waals surface area contributed by atoms with Gasteiger partial charge in [-0.15, -0.1) is 11.3 Å². The molecule has 0 amide bonds. The lowest BCUT2D eigenvalue weighted by Crippen LogP contribution is -2.45. The summed E-state index contributed by atoms with van der Waals surface area (Å²) in [4.78, 5) is 12.1. The van der Waals surface area contributed by atoms with Crippen molar-refractivity contribution in [3.8, 4) is 0 Å². The second-order valence-electron chi connectivity index (χ2n) is 6.21. The fraction of sp³-hybridized carbons (Fsp3) is 0.150. The molecule has 0 bridgehead atoms. The Morgan fingerprint density at radius 1 is 1.00 bits per heavy atom. The number of benzene rings is 2. The number of nitrogens with one attached hydrogen (secondary N) is 1. The maximum absolute atomic E-state index is 15.2. The van der Waals surface area contributed by atoms with E-state index in [-0.39, 0.29) is 15.3 Å². The van der Waals surface area contributed by atoms with Crippen LogP contribution in [0.3, 0.4) is 0 Å². The number of rotatable bonds is 7. The largest absolute Gasteiger partial charge is 0.330 e. The van der Waals surface area contributed by atoms with Crippen molar-refractivity contribution in [2.45, 2.75) is 23.8 Å². The lowest BCUT2D eigenvalue weighted by atomic mass is 9.97. The predicted molar refractivity (Wildman–Crippen MR) is 104 cm³/mol. The average molecular weight is 421 g/mol.